The molecule has 0 spiro atoms. The van der Waals surface area contributed by atoms with Crippen molar-refractivity contribution in [2.24, 2.45) is 0 Å². The summed E-state index contributed by atoms with van der Waals surface area (Å²) >= 11 is 0. The quantitative estimate of drug-likeness (QED) is 0.728. The Balaban J connectivity index is 1.69. The molecule has 22 heavy (non-hydrogen) atoms. The van der Waals surface area contributed by atoms with Crippen LogP contribution in [0, 0.1) is 6.92 Å². The van der Waals surface area contributed by atoms with Gasteiger partial charge in [0.05, 0.1) is 0 Å². The Morgan fingerprint density at radius 1 is 1.23 bits per heavy atom. The molecule has 1 atom stereocenters. The van der Waals surface area contributed by atoms with Crippen molar-refractivity contribution in [1.29, 1.82) is 0 Å². The summed E-state index contributed by atoms with van der Waals surface area (Å²) in [6.07, 6.45) is 4.93. The molecule has 5 heteroatoms. The van der Waals surface area contributed by atoms with E-state index in [2.05, 4.69) is 57.3 Å². The number of aromatic nitrogens is 4. The minimum Gasteiger partial charge on any atom is -0.356 e. The molecule has 1 unspecified atom stereocenters. The molecule has 0 N–H and O–H groups in total. The highest BCUT2D eigenvalue weighted by Crippen LogP contribution is 2.27. The minimum atomic E-state index is 0.476. The molecule has 0 saturated heterocycles. The first kappa shape index (κ1) is 13.2. The maximum Gasteiger partial charge on any atom is 0.254 e. The first-order valence-corrected chi connectivity index (χ1v) is 7.69. The lowest BCUT2D eigenvalue weighted by Gasteiger charge is -2.34. The third-order valence-corrected chi connectivity index (χ3v) is 4.59. The van der Waals surface area contributed by atoms with Gasteiger partial charge in [0.25, 0.3) is 5.78 Å². The van der Waals surface area contributed by atoms with Crippen LogP contribution in [0.1, 0.15) is 23.2 Å². The number of benzene rings is 1. The molecule has 0 aliphatic heterocycles. The fourth-order valence-corrected chi connectivity index (χ4v) is 3.36. The maximum atomic E-state index is 4.42. The van der Waals surface area contributed by atoms with Crippen LogP contribution in [0.25, 0.3) is 5.78 Å². The van der Waals surface area contributed by atoms with E-state index in [0.29, 0.717) is 11.8 Å². The van der Waals surface area contributed by atoms with Crippen molar-refractivity contribution >= 4 is 11.6 Å². The van der Waals surface area contributed by atoms with Crippen molar-refractivity contribution in [3.05, 3.63) is 53.5 Å². The van der Waals surface area contributed by atoms with Gasteiger partial charge in [-0.2, -0.15) is 14.6 Å². The van der Waals surface area contributed by atoms with Crippen LogP contribution >= 0.6 is 0 Å². The molecule has 4 rings (SSSR count). The summed E-state index contributed by atoms with van der Waals surface area (Å²) in [7, 11) is 2.15. The fraction of sp³-hybridized carbons (Fsp3) is 0.353. The molecule has 2 aromatic heterocycles. The number of rotatable bonds is 2. The molecule has 112 valence electrons. The topological polar surface area (TPSA) is 46.3 Å². The van der Waals surface area contributed by atoms with Crippen LogP contribution < -0.4 is 4.90 Å². The highest BCUT2D eigenvalue weighted by Gasteiger charge is 2.24. The van der Waals surface area contributed by atoms with E-state index < -0.39 is 0 Å². The van der Waals surface area contributed by atoms with Crippen LogP contribution in [-0.4, -0.2) is 32.7 Å². The van der Waals surface area contributed by atoms with Crippen molar-refractivity contribution in [2.75, 3.05) is 11.9 Å². The Hall–Kier alpha value is -2.43. The van der Waals surface area contributed by atoms with Crippen molar-refractivity contribution in [3.63, 3.8) is 0 Å². The van der Waals surface area contributed by atoms with E-state index >= 15 is 0 Å². The third-order valence-electron chi connectivity index (χ3n) is 4.59. The molecule has 1 aliphatic carbocycles. The number of hydrogen-bond acceptors (Lipinski definition) is 4. The summed E-state index contributed by atoms with van der Waals surface area (Å²) in [6.45, 7) is 2.00. The van der Waals surface area contributed by atoms with Crippen molar-refractivity contribution in [2.45, 2.75) is 32.2 Å². The molecule has 2 heterocycles. The monoisotopic (exact) mass is 293 g/mol. The second kappa shape index (κ2) is 5.09. The molecular weight excluding hydrogens is 274 g/mol. The highest BCUT2D eigenvalue weighted by molar-refractivity contribution is 5.48. The van der Waals surface area contributed by atoms with Crippen molar-refractivity contribution in [3.8, 4) is 0 Å². The zero-order valence-electron chi connectivity index (χ0n) is 12.9. The molecule has 3 aromatic rings. The number of fused-ring (bicyclic) bond motifs is 2. The lowest BCUT2D eigenvalue weighted by Crippen LogP contribution is -2.37. The van der Waals surface area contributed by atoms with Gasteiger partial charge in [-0.3, -0.25) is 0 Å². The molecule has 1 aliphatic rings. The number of aryl methyl sites for hydroxylation is 2. The Bertz CT molecular complexity index is 823. The normalized spacial score (nSPS) is 17.5. The van der Waals surface area contributed by atoms with E-state index in [1.165, 1.54) is 11.1 Å². The van der Waals surface area contributed by atoms with Gasteiger partial charge in [0.1, 0.15) is 12.1 Å². The minimum absolute atomic E-state index is 0.476. The van der Waals surface area contributed by atoms with Gasteiger partial charge >= 0.3 is 0 Å². The first-order valence-electron chi connectivity index (χ1n) is 7.69. The zero-order valence-corrected chi connectivity index (χ0v) is 12.9. The van der Waals surface area contributed by atoms with Crippen LogP contribution in [0.2, 0.25) is 0 Å². The summed E-state index contributed by atoms with van der Waals surface area (Å²) in [6, 6.07) is 11.3. The highest BCUT2D eigenvalue weighted by atomic mass is 15.4. The number of anilines is 1. The summed E-state index contributed by atoms with van der Waals surface area (Å²) in [5, 5.41) is 4.32. The molecule has 0 amide bonds. The molecule has 5 nitrogen and oxygen atoms in total. The summed E-state index contributed by atoms with van der Waals surface area (Å²) < 4.78 is 1.83. The fourth-order valence-electron chi connectivity index (χ4n) is 3.36. The average molecular weight is 293 g/mol. The molecular formula is C17H19N5. The van der Waals surface area contributed by atoms with E-state index in [9.17, 15) is 0 Å². The van der Waals surface area contributed by atoms with E-state index in [4.69, 9.17) is 0 Å². The standard InChI is InChI=1S/C17H19N5/c1-12-9-16(22-17(20-12)18-11-19-22)21(2)15-8-7-13-5-3-4-6-14(13)10-15/h3-6,9,11,15H,7-8,10H2,1-2H3. The van der Waals surface area contributed by atoms with Gasteiger partial charge in [-0.25, -0.2) is 4.98 Å². The molecule has 0 bridgehead atoms. The van der Waals surface area contributed by atoms with Gasteiger partial charge in [-0.1, -0.05) is 24.3 Å². The maximum absolute atomic E-state index is 4.42. The van der Waals surface area contributed by atoms with Crippen molar-refractivity contribution < 1.29 is 0 Å². The molecule has 0 fully saturated rings. The number of hydrogen-bond donors (Lipinski definition) is 0. The van der Waals surface area contributed by atoms with Gasteiger partial charge in [0.2, 0.25) is 0 Å². The van der Waals surface area contributed by atoms with E-state index in [-0.39, 0.29) is 0 Å². The van der Waals surface area contributed by atoms with Gasteiger partial charge in [-0.05, 0) is 37.3 Å². The largest absolute Gasteiger partial charge is 0.356 e. The molecule has 1 aromatic carbocycles. The van der Waals surface area contributed by atoms with Crippen LogP contribution in [0.15, 0.2) is 36.7 Å². The SMILES string of the molecule is Cc1cc(N(C)C2CCc3ccccc3C2)n2ncnc2n1. The Kier molecular flexibility index (Phi) is 3.06. The lowest BCUT2D eigenvalue weighted by atomic mass is 9.88. The van der Waals surface area contributed by atoms with Gasteiger partial charge < -0.3 is 4.90 Å². The van der Waals surface area contributed by atoms with E-state index in [1.807, 2.05) is 11.4 Å². The van der Waals surface area contributed by atoms with Crippen LogP contribution in [0.4, 0.5) is 5.82 Å². The zero-order chi connectivity index (χ0) is 15.1. The molecule has 0 radical (unpaired) electrons. The van der Waals surface area contributed by atoms with Gasteiger partial charge in [0.15, 0.2) is 0 Å². The van der Waals surface area contributed by atoms with Crippen LogP contribution in [-0.2, 0) is 12.8 Å². The Labute approximate surface area is 129 Å². The van der Waals surface area contributed by atoms with Crippen LogP contribution in [0.3, 0.4) is 0 Å². The number of nitrogens with zero attached hydrogens (tertiary/aromatic N) is 5. The first-order chi connectivity index (χ1) is 10.7. The third kappa shape index (κ3) is 2.13. The Morgan fingerprint density at radius 3 is 2.91 bits per heavy atom. The van der Waals surface area contributed by atoms with Crippen molar-refractivity contribution in [1.82, 2.24) is 19.6 Å². The number of likely N-dealkylation sites (N-methyl/N-ethyl adjacent to an activating group) is 1. The smallest absolute Gasteiger partial charge is 0.254 e. The lowest BCUT2D eigenvalue weighted by molar-refractivity contribution is 0.540. The summed E-state index contributed by atoms with van der Waals surface area (Å²) in [5.74, 6) is 1.72. The van der Waals surface area contributed by atoms with Gasteiger partial charge in [0, 0.05) is 24.8 Å². The predicted molar refractivity (Wildman–Crippen MR) is 86.2 cm³/mol. The molecule has 0 saturated carbocycles. The Morgan fingerprint density at radius 2 is 2.05 bits per heavy atom. The second-order valence-corrected chi connectivity index (χ2v) is 6.00. The van der Waals surface area contributed by atoms with E-state index in [1.54, 1.807) is 6.33 Å². The summed E-state index contributed by atoms with van der Waals surface area (Å²) in [5.41, 5.74) is 3.92. The van der Waals surface area contributed by atoms with E-state index in [0.717, 1.165) is 30.8 Å². The average Bonchev–Trinajstić information content (AvgIpc) is 3.01. The second-order valence-electron chi connectivity index (χ2n) is 6.00. The van der Waals surface area contributed by atoms with Gasteiger partial charge in [-0.15, -0.1) is 0 Å². The predicted octanol–water partition coefficient (Wildman–Crippen LogP) is 2.43. The van der Waals surface area contributed by atoms with Crippen LogP contribution in [0.5, 0.6) is 0 Å². The summed E-state index contributed by atoms with van der Waals surface area (Å²) in [4.78, 5) is 11.0.